The first-order valence-corrected chi connectivity index (χ1v) is 6.76. The van der Waals surface area contributed by atoms with Gasteiger partial charge in [0.1, 0.15) is 0 Å². The maximum Gasteiger partial charge on any atom is 0.220 e. The molecule has 1 amide bonds. The van der Waals surface area contributed by atoms with E-state index < -0.39 is 0 Å². The van der Waals surface area contributed by atoms with Gasteiger partial charge in [0, 0.05) is 36.4 Å². The largest absolute Gasteiger partial charge is 0.356 e. The van der Waals surface area contributed by atoms with Gasteiger partial charge in [0.05, 0.1) is 0 Å². The Bertz CT molecular complexity index is 396. The molecule has 2 rings (SSSR count). The van der Waals surface area contributed by atoms with Crippen LogP contribution in [0.3, 0.4) is 0 Å². The summed E-state index contributed by atoms with van der Waals surface area (Å²) in [5.74, 6) is 0.773. The van der Waals surface area contributed by atoms with E-state index in [2.05, 4.69) is 26.6 Å². The van der Waals surface area contributed by atoms with E-state index in [4.69, 9.17) is 0 Å². The molecule has 1 heterocycles. The zero-order valence-corrected chi connectivity index (χ0v) is 12.5. The molecule has 18 heavy (non-hydrogen) atoms. The van der Waals surface area contributed by atoms with Crippen molar-refractivity contribution in [1.82, 2.24) is 10.6 Å². The van der Waals surface area contributed by atoms with Crippen LogP contribution in [-0.2, 0) is 11.2 Å². The van der Waals surface area contributed by atoms with Gasteiger partial charge < -0.3 is 10.6 Å². The second-order valence-electron chi connectivity index (χ2n) is 4.42. The van der Waals surface area contributed by atoms with E-state index in [1.165, 1.54) is 5.56 Å². The number of hydrogen-bond acceptors (Lipinski definition) is 2. The SMILES string of the molecule is Cl.O=C(CCc1ccccc1Br)NCC1CNC1. The first-order chi connectivity index (χ1) is 8.25. The third-order valence-electron chi connectivity index (χ3n) is 3.03. The van der Waals surface area contributed by atoms with E-state index in [1.54, 1.807) is 0 Å². The minimum atomic E-state index is 0. The van der Waals surface area contributed by atoms with Crippen LogP contribution in [0.4, 0.5) is 0 Å². The van der Waals surface area contributed by atoms with Gasteiger partial charge >= 0.3 is 0 Å². The zero-order valence-electron chi connectivity index (χ0n) is 10.1. The molecule has 2 N–H and O–H groups in total. The van der Waals surface area contributed by atoms with E-state index in [9.17, 15) is 4.79 Å². The van der Waals surface area contributed by atoms with Crippen LogP contribution in [-0.4, -0.2) is 25.5 Å². The monoisotopic (exact) mass is 332 g/mol. The van der Waals surface area contributed by atoms with Crippen molar-refractivity contribution < 1.29 is 4.79 Å². The Morgan fingerprint density at radius 3 is 2.72 bits per heavy atom. The molecule has 0 aromatic heterocycles. The van der Waals surface area contributed by atoms with Gasteiger partial charge in [-0.15, -0.1) is 12.4 Å². The molecule has 0 atom stereocenters. The van der Waals surface area contributed by atoms with Gasteiger partial charge in [-0.2, -0.15) is 0 Å². The van der Waals surface area contributed by atoms with Crippen molar-refractivity contribution in [1.29, 1.82) is 0 Å². The molecular weight excluding hydrogens is 316 g/mol. The molecule has 5 heteroatoms. The standard InChI is InChI=1S/C13H17BrN2O.ClH/c14-12-4-2-1-3-11(12)5-6-13(17)16-9-10-7-15-8-10;/h1-4,10,15H,5-9H2,(H,16,17);1H. The summed E-state index contributed by atoms with van der Waals surface area (Å²) in [7, 11) is 0. The quantitative estimate of drug-likeness (QED) is 0.867. The van der Waals surface area contributed by atoms with E-state index in [-0.39, 0.29) is 18.3 Å². The fourth-order valence-electron chi connectivity index (χ4n) is 1.79. The average Bonchev–Trinajstić information content (AvgIpc) is 2.26. The zero-order chi connectivity index (χ0) is 12.1. The van der Waals surface area contributed by atoms with Gasteiger partial charge in [-0.05, 0) is 18.1 Å². The Kier molecular flexibility index (Phi) is 6.68. The summed E-state index contributed by atoms with van der Waals surface area (Å²) < 4.78 is 1.08. The Balaban J connectivity index is 0.00000162. The Hall–Kier alpha value is -0.580. The van der Waals surface area contributed by atoms with Crippen LogP contribution in [0.15, 0.2) is 28.7 Å². The molecule has 0 spiro atoms. The van der Waals surface area contributed by atoms with Crippen molar-refractivity contribution in [3.63, 3.8) is 0 Å². The molecule has 1 aliphatic heterocycles. The number of amides is 1. The average molecular weight is 334 g/mol. The molecule has 0 saturated carbocycles. The van der Waals surface area contributed by atoms with Crippen LogP contribution in [0.2, 0.25) is 0 Å². The van der Waals surface area contributed by atoms with Gasteiger partial charge in [-0.25, -0.2) is 0 Å². The van der Waals surface area contributed by atoms with Crippen LogP contribution in [0.25, 0.3) is 0 Å². The predicted molar refractivity (Wildman–Crippen MR) is 79.1 cm³/mol. The Morgan fingerprint density at radius 2 is 2.11 bits per heavy atom. The van der Waals surface area contributed by atoms with Crippen molar-refractivity contribution >= 4 is 34.2 Å². The molecule has 0 bridgehead atoms. The highest BCUT2D eigenvalue weighted by Gasteiger charge is 2.16. The highest BCUT2D eigenvalue weighted by Crippen LogP contribution is 2.17. The van der Waals surface area contributed by atoms with Crippen molar-refractivity contribution in [3.8, 4) is 0 Å². The van der Waals surface area contributed by atoms with Crippen LogP contribution >= 0.6 is 28.3 Å². The van der Waals surface area contributed by atoms with Crippen LogP contribution in [0.1, 0.15) is 12.0 Å². The van der Waals surface area contributed by atoms with Crippen LogP contribution in [0.5, 0.6) is 0 Å². The smallest absolute Gasteiger partial charge is 0.220 e. The molecule has 0 unspecified atom stereocenters. The van der Waals surface area contributed by atoms with E-state index >= 15 is 0 Å². The number of benzene rings is 1. The number of carbonyl (C=O) groups excluding carboxylic acids is 1. The number of rotatable bonds is 5. The summed E-state index contributed by atoms with van der Waals surface area (Å²) in [5.41, 5.74) is 1.19. The molecule has 100 valence electrons. The highest BCUT2D eigenvalue weighted by atomic mass is 79.9. The van der Waals surface area contributed by atoms with E-state index in [0.717, 1.165) is 30.5 Å². The number of halogens is 2. The van der Waals surface area contributed by atoms with Crippen molar-refractivity contribution in [2.75, 3.05) is 19.6 Å². The molecular formula is C13H18BrClN2O. The number of aryl methyl sites for hydroxylation is 1. The van der Waals surface area contributed by atoms with Crippen molar-refractivity contribution in [2.45, 2.75) is 12.8 Å². The van der Waals surface area contributed by atoms with Gasteiger partial charge in [-0.1, -0.05) is 34.1 Å². The molecule has 1 fully saturated rings. The summed E-state index contributed by atoms with van der Waals surface area (Å²) in [6.45, 7) is 2.87. The number of nitrogens with one attached hydrogen (secondary N) is 2. The fraction of sp³-hybridized carbons (Fsp3) is 0.462. The van der Waals surface area contributed by atoms with Crippen molar-refractivity contribution in [3.05, 3.63) is 34.3 Å². The summed E-state index contributed by atoms with van der Waals surface area (Å²) in [4.78, 5) is 11.6. The third kappa shape index (κ3) is 4.59. The molecule has 3 nitrogen and oxygen atoms in total. The summed E-state index contributed by atoms with van der Waals surface area (Å²) in [6.07, 6.45) is 1.35. The molecule has 0 radical (unpaired) electrons. The third-order valence-corrected chi connectivity index (χ3v) is 3.81. The predicted octanol–water partition coefficient (Wildman–Crippen LogP) is 2.14. The normalized spacial score (nSPS) is 14.5. The minimum absolute atomic E-state index is 0. The summed E-state index contributed by atoms with van der Waals surface area (Å²) in [5, 5.41) is 6.17. The Labute approximate surface area is 122 Å². The van der Waals surface area contributed by atoms with Gasteiger partial charge in [0.2, 0.25) is 5.91 Å². The molecule has 1 aromatic carbocycles. The summed E-state index contributed by atoms with van der Waals surface area (Å²) >= 11 is 3.49. The van der Waals surface area contributed by atoms with Gasteiger partial charge in [0.15, 0.2) is 0 Å². The lowest BCUT2D eigenvalue weighted by molar-refractivity contribution is -0.121. The van der Waals surface area contributed by atoms with E-state index in [0.29, 0.717) is 12.3 Å². The van der Waals surface area contributed by atoms with Gasteiger partial charge in [0.25, 0.3) is 0 Å². The number of carbonyl (C=O) groups is 1. The second kappa shape index (κ2) is 7.77. The molecule has 0 aliphatic carbocycles. The molecule has 1 aliphatic rings. The molecule has 1 saturated heterocycles. The Morgan fingerprint density at radius 1 is 1.39 bits per heavy atom. The van der Waals surface area contributed by atoms with Crippen LogP contribution < -0.4 is 10.6 Å². The second-order valence-corrected chi connectivity index (χ2v) is 5.27. The first-order valence-electron chi connectivity index (χ1n) is 5.96. The first kappa shape index (κ1) is 15.5. The van der Waals surface area contributed by atoms with Crippen molar-refractivity contribution in [2.24, 2.45) is 5.92 Å². The van der Waals surface area contributed by atoms with Gasteiger partial charge in [-0.3, -0.25) is 4.79 Å². The molecule has 1 aromatic rings. The minimum Gasteiger partial charge on any atom is -0.356 e. The summed E-state index contributed by atoms with van der Waals surface area (Å²) in [6, 6.07) is 8.04. The topological polar surface area (TPSA) is 41.1 Å². The lowest BCUT2D eigenvalue weighted by atomic mass is 10.0. The maximum absolute atomic E-state index is 11.6. The lowest BCUT2D eigenvalue weighted by Gasteiger charge is -2.27. The highest BCUT2D eigenvalue weighted by molar-refractivity contribution is 9.10. The maximum atomic E-state index is 11.6. The lowest BCUT2D eigenvalue weighted by Crippen LogP contribution is -2.48. The number of hydrogen-bond donors (Lipinski definition) is 2. The van der Waals surface area contributed by atoms with Crippen LogP contribution in [0, 0.1) is 5.92 Å². The fourth-order valence-corrected chi connectivity index (χ4v) is 2.27. The van der Waals surface area contributed by atoms with E-state index in [1.807, 2.05) is 24.3 Å².